The molecule has 0 saturated heterocycles. The minimum atomic E-state index is -2.91. The highest BCUT2D eigenvalue weighted by atomic mass is 79.9. The molecular weight excluding hydrogens is 249 g/mol. The Hall–Kier alpha value is -1.09. The summed E-state index contributed by atoms with van der Waals surface area (Å²) in [4.78, 5) is 3.25. The zero-order valence-electron chi connectivity index (χ0n) is 6.06. The third kappa shape index (κ3) is 1.98. The lowest BCUT2D eigenvalue weighted by atomic mass is 10.3. The summed E-state index contributed by atoms with van der Waals surface area (Å²) in [6.45, 7) is 0. The molecule has 0 spiro atoms. The van der Waals surface area contributed by atoms with Crippen LogP contribution in [-0.2, 0) is 0 Å². The van der Waals surface area contributed by atoms with E-state index in [4.69, 9.17) is 5.26 Å². The lowest BCUT2D eigenvalue weighted by Crippen LogP contribution is -1.97. The number of hydrogen-bond acceptors (Lipinski definition) is 2. The van der Waals surface area contributed by atoms with Gasteiger partial charge in [-0.05, 0) is 15.9 Å². The topological polar surface area (TPSA) is 36.7 Å². The standard InChI is InChI=1S/C7H2BrF3N2/c8-5-4(9)1-3(2-12)13-6(5)7(10)11/h1,7H. The van der Waals surface area contributed by atoms with Crippen molar-refractivity contribution in [3.63, 3.8) is 0 Å². The maximum Gasteiger partial charge on any atom is 0.281 e. The highest BCUT2D eigenvalue weighted by Crippen LogP contribution is 2.27. The maximum atomic E-state index is 12.8. The summed E-state index contributed by atoms with van der Waals surface area (Å²) in [5.74, 6) is -0.915. The summed E-state index contributed by atoms with van der Waals surface area (Å²) in [6.07, 6.45) is -2.91. The molecule has 0 aliphatic rings. The summed E-state index contributed by atoms with van der Waals surface area (Å²) in [5.41, 5.74) is -1.12. The Kier molecular flexibility index (Phi) is 2.88. The van der Waals surface area contributed by atoms with Gasteiger partial charge in [0.1, 0.15) is 23.3 Å². The molecule has 1 rings (SSSR count). The van der Waals surface area contributed by atoms with Gasteiger partial charge in [0.2, 0.25) is 0 Å². The summed E-state index contributed by atoms with van der Waals surface area (Å²) >= 11 is 2.62. The third-order valence-electron chi connectivity index (χ3n) is 1.26. The molecule has 0 bridgehead atoms. The van der Waals surface area contributed by atoms with Gasteiger partial charge in [-0.15, -0.1) is 0 Å². The van der Waals surface area contributed by atoms with Gasteiger partial charge < -0.3 is 0 Å². The molecule has 0 radical (unpaired) electrons. The van der Waals surface area contributed by atoms with Crippen LogP contribution in [0.4, 0.5) is 13.2 Å². The molecule has 6 heteroatoms. The predicted octanol–water partition coefficient (Wildman–Crippen LogP) is 2.79. The highest BCUT2D eigenvalue weighted by molar-refractivity contribution is 9.10. The Morgan fingerprint density at radius 2 is 2.15 bits per heavy atom. The second-order valence-electron chi connectivity index (χ2n) is 2.10. The van der Waals surface area contributed by atoms with Crippen LogP contribution in [0.15, 0.2) is 10.5 Å². The van der Waals surface area contributed by atoms with E-state index in [1.165, 1.54) is 6.07 Å². The van der Waals surface area contributed by atoms with Crippen LogP contribution in [0.1, 0.15) is 17.8 Å². The first-order valence-corrected chi connectivity index (χ1v) is 3.89. The zero-order chi connectivity index (χ0) is 10.0. The van der Waals surface area contributed by atoms with E-state index >= 15 is 0 Å². The fourth-order valence-corrected chi connectivity index (χ4v) is 1.09. The molecule has 1 aromatic rings. The number of aromatic nitrogens is 1. The van der Waals surface area contributed by atoms with Crippen molar-refractivity contribution in [2.45, 2.75) is 6.43 Å². The van der Waals surface area contributed by atoms with Crippen molar-refractivity contribution in [2.24, 2.45) is 0 Å². The molecule has 0 aromatic carbocycles. The van der Waals surface area contributed by atoms with Crippen molar-refractivity contribution >= 4 is 15.9 Å². The minimum absolute atomic E-state index is 0.365. The number of nitriles is 1. The van der Waals surface area contributed by atoms with E-state index in [9.17, 15) is 13.2 Å². The Labute approximate surface area is 80.1 Å². The number of nitrogens with zero attached hydrogens (tertiary/aromatic N) is 2. The second-order valence-corrected chi connectivity index (χ2v) is 2.89. The number of alkyl halides is 2. The zero-order valence-corrected chi connectivity index (χ0v) is 7.65. The van der Waals surface area contributed by atoms with E-state index in [0.717, 1.165) is 6.07 Å². The number of rotatable bonds is 1. The Morgan fingerprint density at radius 1 is 1.54 bits per heavy atom. The first kappa shape index (κ1) is 9.99. The van der Waals surface area contributed by atoms with Crippen molar-refractivity contribution in [1.29, 1.82) is 5.26 Å². The van der Waals surface area contributed by atoms with Gasteiger partial charge in [0.15, 0.2) is 0 Å². The SMILES string of the molecule is N#Cc1cc(F)c(Br)c(C(F)F)n1. The number of halogens is 4. The molecular formula is C7H2BrF3N2. The number of hydrogen-bond donors (Lipinski definition) is 0. The molecule has 1 heterocycles. The van der Waals surface area contributed by atoms with E-state index in [-0.39, 0.29) is 5.69 Å². The maximum absolute atomic E-state index is 12.8. The predicted molar refractivity (Wildman–Crippen MR) is 41.6 cm³/mol. The van der Waals surface area contributed by atoms with Crippen molar-refractivity contribution in [1.82, 2.24) is 4.98 Å². The highest BCUT2D eigenvalue weighted by Gasteiger charge is 2.18. The molecule has 0 atom stereocenters. The molecule has 0 N–H and O–H groups in total. The van der Waals surface area contributed by atoms with Crippen molar-refractivity contribution in [3.05, 3.63) is 27.7 Å². The average Bonchev–Trinajstić information content (AvgIpc) is 2.09. The van der Waals surface area contributed by atoms with Crippen molar-refractivity contribution < 1.29 is 13.2 Å². The van der Waals surface area contributed by atoms with E-state index < -0.39 is 22.4 Å². The average molecular weight is 251 g/mol. The Morgan fingerprint density at radius 3 is 2.62 bits per heavy atom. The van der Waals surface area contributed by atoms with Gasteiger partial charge in [-0.1, -0.05) is 0 Å². The van der Waals surface area contributed by atoms with Crippen molar-refractivity contribution in [3.8, 4) is 6.07 Å². The lowest BCUT2D eigenvalue weighted by molar-refractivity contribution is 0.144. The van der Waals surface area contributed by atoms with E-state index in [1.54, 1.807) is 0 Å². The van der Waals surface area contributed by atoms with Crippen LogP contribution in [0.5, 0.6) is 0 Å². The first-order valence-electron chi connectivity index (χ1n) is 3.10. The lowest BCUT2D eigenvalue weighted by Gasteiger charge is -2.02. The Balaban J connectivity index is 3.35. The summed E-state index contributed by atoms with van der Waals surface area (Å²) < 4.78 is 36.7. The van der Waals surface area contributed by atoms with Gasteiger partial charge in [0.05, 0.1) is 4.47 Å². The molecule has 0 unspecified atom stereocenters. The smallest absolute Gasteiger partial charge is 0.235 e. The van der Waals surface area contributed by atoms with Crippen LogP contribution in [0, 0.1) is 17.1 Å². The normalized spacial score (nSPS) is 10.2. The summed E-state index contributed by atoms with van der Waals surface area (Å²) in [7, 11) is 0. The quantitative estimate of drug-likeness (QED) is 0.769. The van der Waals surface area contributed by atoms with Crippen LogP contribution in [-0.4, -0.2) is 4.98 Å². The third-order valence-corrected chi connectivity index (χ3v) is 2.05. The molecule has 0 aliphatic carbocycles. The molecule has 1 aromatic heterocycles. The van der Waals surface area contributed by atoms with Gasteiger partial charge in [-0.3, -0.25) is 0 Å². The molecule has 2 nitrogen and oxygen atoms in total. The molecule has 13 heavy (non-hydrogen) atoms. The van der Waals surface area contributed by atoms with Gasteiger partial charge in [0, 0.05) is 6.07 Å². The van der Waals surface area contributed by atoms with E-state index in [2.05, 4.69) is 20.9 Å². The molecule has 0 saturated carbocycles. The minimum Gasteiger partial charge on any atom is -0.235 e. The second kappa shape index (κ2) is 3.75. The van der Waals surface area contributed by atoms with Gasteiger partial charge >= 0.3 is 0 Å². The van der Waals surface area contributed by atoms with Crippen molar-refractivity contribution in [2.75, 3.05) is 0 Å². The molecule has 68 valence electrons. The van der Waals surface area contributed by atoms with Crippen LogP contribution >= 0.6 is 15.9 Å². The molecule has 0 fully saturated rings. The van der Waals surface area contributed by atoms with Crippen LogP contribution in [0.3, 0.4) is 0 Å². The van der Waals surface area contributed by atoms with Crippen LogP contribution in [0.25, 0.3) is 0 Å². The monoisotopic (exact) mass is 250 g/mol. The van der Waals surface area contributed by atoms with E-state index in [1.807, 2.05) is 0 Å². The fourth-order valence-electron chi connectivity index (χ4n) is 0.719. The molecule has 0 amide bonds. The molecule has 0 aliphatic heterocycles. The summed E-state index contributed by atoms with van der Waals surface area (Å²) in [5, 5.41) is 8.32. The number of pyridine rings is 1. The summed E-state index contributed by atoms with van der Waals surface area (Å²) in [6, 6.07) is 2.27. The fraction of sp³-hybridized carbons (Fsp3) is 0.143. The Bertz CT molecular complexity index is 373. The van der Waals surface area contributed by atoms with Crippen LogP contribution < -0.4 is 0 Å². The van der Waals surface area contributed by atoms with Crippen LogP contribution in [0.2, 0.25) is 0 Å². The van der Waals surface area contributed by atoms with Gasteiger partial charge in [-0.2, -0.15) is 5.26 Å². The first-order chi connectivity index (χ1) is 6.06. The van der Waals surface area contributed by atoms with Gasteiger partial charge in [-0.25, -0.2) is 18.2 Å². The van der Waals surface area contributed by atoms with Gasteiger partial charge in [0.25, 0.3) is 6.43 Å². The largest absolute Gasteiger partial charge is 0.281 e. The van der Waals surface area contributed by atoms with E-state index in [0.29, 0.717) is 0 Å².